The summed E-state index contributed by atoms with van der Waals surface area (Å²) in [7, 11) is -2.67. The monoisotopic (exact) mass is 319 g/mol. The quantitative estimate of drug-likeness (QED) is 0.810. The highest BCUT2D eigenvalue weighted by molar-refractivity contribution is 7.91. The molecule has 0 heterocycles. The van der Waals surface area contributed by atoms with E-state index in [2.05, 4.69) is 10.1 Å². The molecule has 8 heteroatoms. The first-order valence-electron chi connectivity index (χ1n) is 5.59. The molecule has 0 spiro atoms. The van der Waals surface area contributed by atoms with Gasteiger partial charge in [-0.2, -0.15) is 0 Å². The zero-order valence-electron chi connectivity index (χ0n) is 10.9. The van der Waals surface area contributed by atoms with Crippen molar-refractivity contribution < 1.29 is 22.7 Å². The number of amides is 1. The van der Waals surface area contributed by atoms with Crippen LogP contribution in [0.4, 0.5) is 0 Å². The van der Waals surface area contributed by atoms with Crippen molar-refractivity contribution in [3.63, 3.8) is 0 Å². The lowest BCUT2D eigenvalue weighted by atomic mass is 10.3. The summed E-state index contributed by atoms with van der Waals surface area (Å²) in [6.07, 6.45) is 0. The summed E-state index contributed by atoms with van der Waals surface area (Å²) in [5.74, 6) is -1.95. The molecular formula is C12H14ClNO5S. The second kappa shape index (κ2) is 6.71. The number of carbonyl (C=O) groups is 2. The van der Waals surface area contributed by atoms with Crippen molar-refractivity contribution in [3.05, 3.63) is 29.3 Å². The highest BCUT2D eigenvalue weighted by atomic mass is 35.5. The van der Waals surface area contributed by atoms with Crippen molar-refractivity contribution in [1.82, 2.24) is 5.32 Å². The molecule has 1 aromatic carbocycles. The average molecular weight is 320 g/mol. The van der Waals surface area contributed by atoms with Crippen LogP contribution >= 0.6 is 11.6 Å². The Kier molecular flexibility index (Phi) is 5.52. The van der Waals surface area contributed by atoms with Crippen molar-refractivity contribution in [2.24, 2.45) is 0 Å². The van der Waals surface area contributed by atoms with E-state index >= 15 is 0 Å². The molecule has 0 fully saturated rings. The molecule has 6 nitrogen and oxygen atoms in total. The van der Waals surface area contributed by atoms with Gasteiger partial charge in [0.2, 0.25) is 5.91 Å². The molecule has 1 amide bonds. The van der Waals surface area contributed by atoms with Gasteiger partial charge in [-0.15, -0.1) is 0 Å². The Hall–Kier alpha value is -1.60. The van der Waals surface area contributed by atoms with Crippen molar-refractivity contribution in [2.75, 3.05) is 12.9 Å². The molecule has 110 valence electrons. The standard InChI is InChI=1S/C12H14ClNO5S/c1-8(15)14-11(12(16)19-2)7-20(17,18)10-5-3-4-9(13)6-10/h3-6,11H,7H2,1-2H3,(H,14,15). The summed E-state index contributed by atoms with van der Waals surface area (Å²) >= 11 is 5.74. The highest BCUT2D eigenvalue weighted by Gasteiger charge is 2.28. The number of hydrogen-bond acceptors (Lipinski definition) is 5. The highest BCUT2D eigenvalue weighted by Crippen LogP contribution is 2.17. The molecule has 20 heavy (non-hydrogen) atoms. The molecule has 0 radical (unpaired) electrons. The van der Waals surface area contributed by atoms with Gasteiger partial charge in [0.05, 0.1) is 17.8 Å². The fraction of sp³-hybridized carbons (Fsp3) is 0.333. The Morgan fingerprint density at radius 2 is 2.05 bits per heavy atom. The van der Waals surface area contributed by atoms with E-state index in [1.165, 1.54) is 31.2 Å². The molecule has 1 atom stereocenters. The average Bonchev–Trinajstić information content (AvgIpc) is 2.36. The number of nitrogens with one attached hydrogen (secondary N) is 1. The molecular weight excluding hydrogens is 306 g/mol. The summed E-state index contributed by atoms with van der Waals surface area (Å²) in [6.45, 7) is 1.18. The van der Waals surface area contributed by atoms with Crippen molar-refractivity contribution >= 4 is 33.3 Å². The molecule has 1 aromatic rings. The topological polar surface area (TPSA) is 89.5 Å². The van der Waals surface area contributed by atoms with Crippen molar-refractivity contribution in [1.29, 1.82) is 0 Å². The first-order chi connectivity index (χ1) is 9.26. The number of halogens is 1. The van der Waals surface area contributed by atoms with Crippen LogP contribution in [-0.4, -0.2) is 39.2 Å². The van der Waals surface area contributed by atoms with Gasteiger partial charge in [0.1, 0.15) is 6.04 Å². The predicted molar refractivity (Wildman–Crippen MR) is 73.1 cm³/mol. The largest absolute Gasteiger partial charge is 0.467 e. The summed E-state index contributed by atoms with van der Waals surface area (Å²) in [4.78, 5) is 22.5. The fourth-order valence-electron chi connectivity index (χ4n) is 1.53. The number of carbonyl (C=O) groups excluding carboxylic acids is 2. The smallest absolute Gasteiger partial charge is 0.329 e. The molecule has 1 rings (SSSR count). The van der Waals surface area contributed by atoms with E-state index in [4.69, 9.17) is 11.6 Å². The number of ether oxygens (including phenoxy) is 1. The number of esters is 1. The number of rotatable bonds is 5. The molecule has 0 saturated heterocycles. The first-order valence-corrected chi connectivity index (χ1v) is 7.62. The van der Waals surface area contributed by atoms with Crippen LogP contribution < -0.4 is 5.32 Å². The van der Waals surface area contributed by atoms with E-state index in [1.807, 2.05) is 0 Å². The fourth-order valence-corrected chi connectivity index (χ4v) is 3.23. The normalized spacial score (nSPS) is 12.6. The number of benzene rings is 1. The lowest BCUT2D eigenvalue weighted by molar-refractivity contribution is -0.144. The summed E-state index contributed by atoms with van der Waals surface area (Å²) in [5, 5.41) is 2.51. The molecule has 1 N–H and O–H groups in total. The van der Waals surface area contributed by atoms with Gasteiger partial charge in [-0.1, -0.05) is 17.7 Å². The van der Waals surface area contributed by atoms with Crippen LogP contribution in [0.1, 0.15) is 6.92 Å². The van der Waals surface area contributed by atoms with Crippen LogP contribution in [0, 0.1) is 0 Å². The summed E-state index contributed by atoms with van der Waals surface area (Å²) in [6, 6.07) is 4.40. The van der Waals surface area contributed by atoms with Gasteiger partial charge in [-0.3, -0.25) is 4.79 Å². The minimum atomic E-state index is -3.78. The number of methoxy groups -OCH3 is 1. The minimum absolute atomic E-state index is 0.0238. The minimum Gasteiger partial charge on any atom is -0.467 e. The molecule has 0 aliphatic rings. The van der Waals surface area contributed by atoms with E-state index < -0.39 is 33.5 Å². The number of sulfone groups is 1. The molecule has 1 unspecified atom stereocenters. The summed E-state index contributed by atoms with van der Waals surface area (Å²) < 4.78 is 28.8. The van der Waals surface area contributed by atoms with Crippen molar-refractivity contribution in [3.8, 4) is 0 Å². The zero-order valence-corrected chi connectivity index (χ0v) is 12.5. The number of hydrogen-bond donors (Lipinski definition) is 1. The molecule has 0 bridgehead atoms. The van der Waals surface area contributed by atoms with Gasteiger partial charge >= 0.3 is 5.97 Å². The Labute approximate surface area is 122 Å². The van der Waals surface area contributed by atoms with E-state index in [-0.39, 0.29) is 9.92 Å². The lowest BCUT2D eigenvalue weighted by Gasteiger charge is -2.15. The van der Waals surface area contributed by atoms with Gasteiger partial charge in [0, 0.05) is 11.9 Å². The van der Waals surface area contributed by atoms with Crippen LogP contribution in [0.5, 0.6) is 0 Å². The van der Waals surface area contributed by atoms with Crippen LogP contribution in [0.3, 0.4) is 0 Å². The Balaban J connectivity index is 3.02. The van der Waals surface area contributed by atoms with Crippen LogP contribution in [0.15, 0.2) is 29.2 Å². The zero-order chi connectivity index (χ0) is 15.3. The summed E-state index contributed by atoms with van der Waals surface area (Å²) in [5.41, 5.74) is 0. The molecule has 0 aliphatic heterocycles. The Bertz CT molecular complexity index is 614. The van der Waals surface area contributed by atoms with Gasteiger partial charge < -0.3 is 10.1 Å². The molecule has 0 aromatic heterocycles. The third kappa shape index (κ3) is 4.50. The van der Waals surface area contributed by atoms with Crippen LogP contribution in [0.25, 0.3) is 0 Å². The maximum atomic E-state index is 12.2. The first kappa shape index (κ1) is 16.5. The van der Waals surface area contributed by atoms with Crippen molar-refractivity contribution in [2.45, 2.75) is 17.9 Å². The molecule has 0 aliphatic carbocycles. The lowest BCUT2D eigenvalue weighted by Crippen LogP contribution is -2.45. The SMILES string of the molecule is COC(=O)C(CS(=O)(=O)c1cccc(Cl)c1)NC(C)=O. The van der Waals surface area contributed by atoms with E-state index in [0.717, 1.165) is 7.11 Å². The van der Waals surface area contributed by atoms with E-state index in [0.29, 0.717) is 0 Å². The van der Waals surface area contributed by atoms with Gasteiger partial charge in [-0.05, 0) is 18.2 Å². The maximum absolute atomic E-state index is 12.2. The third-order valence-electron chi connectivity index (χ3n) is 2.40. The van der Waals surface area contributed by atoms with E-state index in [1.54, 1.807) is 0 Å². The second-order valence-electron chi connectivity index (χ2n) is 4.02. The third-order valence-corrected chi connectivity index (χ3v) is 4.38. The molecule has 0 saturated carbocycles. The van der Waals surface area contributed by atoms with Gasteiger partial charge in [0.25, 0.3) is 0 Å². The van der Waals surface area contributed by atoms with Gasteiger partial charge in [-0.25, -0.2) is 13.2 Å². The van der Waals surface area contributed by atoms with Crippen LogP contribution in [-0.2, 0) is 24.2 Å². The predicted octanol–water partition coefficient (Wildman–Crippen LogP) is 0.791. The maximum Gasteiger partial charge on any atom is 0.329 e. The van der Waals surface area contributed by atoms with Gasteiger partial charge in [0.15, 0.2) is 9.84 Å². The Morgan fingerprint density at radius 3 is 2.55 bits per heavy atom. The second-order valence-corrected chi connectivity index (χ2v) is 6.49. The van der Waals surface area contributed by atoms with Crippen LogP contribution in [0.2, 0.25) is 5.02 Å². The Morgan fingerprint density at radius 1 is 1.40 bits per heavy atom. The van der Waals surface area contributed by atoms with E-state index in [9.17, 15) is 18.0 Å².